The van der Waals surface area contributed by atoms with Crippen molar-refractivity contribution < 1.29 is 9.18 Å². The van der Waals surface area contributed by atoms with Crippen molar-refractivity contribution in [1.82, 2.24) is 15.1 Å². The van der Waals surface area contributed by atoms with Crippen LogP contribution < -0.4 is 10.6 Å². The van der Waals surface area contributed by atoms with Crippen LogP contribution in [-0.4, -0.2) is 28.3 Å². The van der Waals surface area contributed by atoms with Crippen LogP contribution in [0.5, 0.6) is 0 Å². The van der Waals surface area contributed by atoms with Crippen LogP contribution in [0.3, 0.4) is 0 Å². The average Bonchev–Trinajstić information content (AvgIpc) is 3.09. The maximum absolute atomic E-state index is 14.4. The summed E-state index contributed by atoms with van der Waals surface area (Å²) in [4.78, 5) is 12.0. The molecule has 23 heavy (non-hydrogen) atoms. The molecule has 1 unspecified atom stereocenters. The first-order chi connectivity index (χ1) is 11.0. The summed E-state index contributed by atoms with van der Waals surface area (Å²) >= 11 is 0. The minimum Gasteiger partial charge on any atom is -0.326 e. The van der Waals surface area contributed by atoms with Gasteiger partial charge in [0.05, 0.1) is 5.69 Å². The molecule has 1 aliphatic heterocycles. The molecule has 1 fully saturated rings. The minimum absolute atomic E-state index is 0.0948. The number of benzene rings is 1. The lowest BCUT2D eigenvalue weighted by Crippen LogP contribution is -2.27. The van der Waals surface area contributed by atoms with Gasteiger partial charge >= 0.3 is 0 Å². The summed E-state index contributed by atoms with van der Waals surface area (Å²) in [7, 11) is 0. The number of carbonyl (C=O) groups excluding carboxylic acids is 1. The highest BCUT2D eigenvalue weighted by Gasteiger charge is 2.18. The quantitative estimate of drug-likeness (QED) is 0.912. The van der Waals surface area contributed by atoms with E-state index in [1.807, 2.05) is 19.9 Å². The third-order valence-electron chi connectivity index (χ3n) is 4.06. The van der Waals surface area contributed by atoms with E-state index in [-0.39, 0.29) is 11.9 Å². The van der Waals surface area contributed by atoms with Gasteiger partial charge in [-0.25, -0.2) is 9.07 Å². The second kappa shape index (κ2) is 6.50. The number of nitrogens with one attached hydrogen (secondary N) is 2. The lowest BCUT2D eigenvalue weighted by atomic mass is 10.1. The summed E-state index contributed by atoms with van der Waals surface area (Å²) < 4.78 is 15.9. The highest BCUT2D eigenvalue weighted by molar-refractivity contribution is 5.91. The second-order valence-corrected chi connectivity index (χ2v) is 6.05. The molecule has 0 radical (unpaired) electrons. The number of aryl methyl sites for hydroxylation is 2. The maximum Gasteiger partial charge on any atom is 0.225 e. The van der Waals surface area contributed by atoms with E-state index in [0.29, 0.717) is 17.8 Å². The van der Waals surface area contributed by atoms with E-state index in [9.17, 15) is 9.18 Å². The van der Waals surface area contributed by atoms with Crippen molar-refractivity contribution in [2.75, 3.05) is 11.9 Å². The van der Waals surface area contributed by atoms with E-state index in [1.165, 1.54) is 6.07 Å². The molecule has 6 heteroatoms. The van der Waals surface area contributed by atoms with Gasteiger partial charge in [0.25, 0.3) is 0 Å². The fourth-order valence-corrected chi connectivity index (χ4v) is 3.00. The minimum atomic E-state index is -0.409. The zero-order chi connectivity index (χ0) is 16.4. The second-order valence-electron chi connectivity index (χ2n) is 6.05. The number of hydrogen-bond donors (Lipinski definition) is 2. The topological polar surface area (TPSA) is 59.0 Å². The Labute approximate surface area is 134 Å². The van der Waals surface area contributed by atoms with Crippen molar-refractivity contribution in [3.63, 3.8) is 0 Å². The SMILES string of the molecule is Cc1cc(C)n(-c2ccc(NC(=O)CC3CCCN3)cc2F)n1. The maximum atomic E-state index is 14.4. The molecule has 1 amide bonds. The normalized spacial score (nSPS) is 17.4. The zero-order valence-electron chi connectivity index (χ0n) is 13.4. The number of aromatic nitrogens is 2. The van der Waals surface area contributed by atoms with Crippen molar-refractivity contribution in [3.05, 3.63) is 41.5 Å². The van der Waals surface area contributed by atoms with Crippen LogP contribution in [0.4, 0.5) is 10.1 Å². The van der Waals surface area contributed by atoms with Gasteiger partial charge in [0, 0.05) is 23.8 Å². The molecule has 0 spiro atoms. The predicted molar refractivity (Wildman–Crippen MR) is 87.3 cm³/mol. The Hall–Kier alpha value is -2.21. The van der Waals surface area contributed by atoms with Crippen LogP contribution in [0.2, 0.25) is 0 Å². The number of anilines is 1. The van der Waals surface area contributed by atoms with Crippen molar-refractivity contribution in [2.45, 2.75) is 39.2 Å². The van der Waals surface area contributed by atoms with Crippen LogP contribution in [0.25, 0.3) is 5.69 Å². The average molecular weight is 316 g/mol. The number of nitrogens with zero attached hydrogens (tertiary/aromatic N) is 2. The Morgan fingerprint density at radius 2 is 2.26 bits per heavy atom. The molecule has 1 aromatic carbocycles. The van der Waals surface area contributed by atoms with Crippen molar-refractivity contribution in [1.29, 1.82) is 0 Å². The smallest absolute Gasteiger partial charge is 0.225 e. The number of amides is 1. The Balaban J connectivity index is 1.71. The number of halogens is 1. The zero-order valence-corrected chi connectivity index (χ0v) is 13.4. The van der Waals surface area contributed by atoms with Crippen LogP contribution >= 0.6 is 0 Å². The summed E-state index contributed by atoms with van der Waals surface area (Å²) in [5.41, 5.74) is 2.55. The first-order valence-corrected chi connectivity index (χ1v) is 7.89. The van der Waals surface area contributed by atoms with Gasteiger partial charge < -0.3 is 10.6 Å². The lowest BCUT2D eigenvalue weighted by molar-refractivity contribution is -0.116. The summed E-state index contributed by atoms with van der Waals surface area (Å²) in [5, 5.41) is 10.3. The Kier molecular flexibility index (Phi) is 4.43. The van der Waals surface area contributed by atoms with E-state index >= 15 is 0 Å². The molecule has 2 N–H and O–H groups in total. The number of carbonyl (C=O) groups is 1. The van der Waals surface area contributed by atoms with E-state index < -0.39 is 5.82 Å². The highest BCUT2D eigenvalue weighted by atomic mass is 19.1. The molecular formula is C17H21FN4O. The number of hydrogen-bond acceptors (Lipinski definition) is 3. The Morgan fingerprint density at radius 1 is 1.43 bits per heavy atom. The molecule has 2 heterocycles. The molecule has 0 saturated carbocycles. The van der Waals surface area contributed by atoms with Gasteiger partial charge in [0.1, 0.15) is 5.69 Å². The molecule has 122 valence electrons. The predicted octanol–water partition coefficient (Wildman–Crippen LogP) is 2.71. The van der Waals surface area contributed by atoms with Crippen molar-refractivity contribution in [3.8, 4) is 5.69 Å². The Bertz CT molecular complexity index is 719. The molecule has 0 aliphatic carbocycles. The van der Waals surface area contributed by atoms with E-state index in [0.717, 1.165) is 30.8 Å². The molecular weight excluding hydrogens is 295 g/mol. The molecule has 3 rings (SSSR count). The molecule has 0 bridgehead atoms. The molecule has 1 aliphatic rings. The van der Waals surface area contributed by atoms with E-state index in [1.54, 1.807) is 16.8 Å². The molecule has 1 aromatic heterocycles. The van der Waals surface area contributed by atoms with Gasteiger partial charge in [-0.05, 0) is 57.5 Å². The summed E-state index contributed by atoms with van der Waals surface area (Å²) in [6.07, 6.45) is 2.53. The highest BCUT2D eigenvalue weighted by Crippen LogP contribution is 2.20. The van der Waals surface area contributed by atoms with Gasteiger partial charge in [0.2, 0.25) is 5.91 Å². The fourth-order valence-electron chi connectivity index (χ4n) is 3.00. The van der Waals surface area contributed by atoms with Crippen LogP contribution in [-0.2, 0) is 4.79 Å². The van der Waals surface area contributed by atoms with Gasteiger partial charge in [-0.1, -0.05) is 0 Å². The fraction of sp³-hybridized carbons (Fsp3) is 0.412. The van der Waals surface area contributed by atoms with Gasteiger partial charge in [0.15, 0.2) is 5.82 Å². The molecule has 1 saturated heterocycles. The summed E-state index contributed by atoms with van der Waals surface area (Å²) in [6.45, 7) is 4.71. The third kappa shape index (κ3) is 3.59. The van der Waals surface area contributed by atoms with Crippen molar-refractivity contribution in [2.24, 2.45) is 0 Å². The standard InChI is InChI=1S/C17H21FN4O/c1-11-8-12(2)22(21-11)16-6-5-14(9-15(16)18)20-17(23)10-13-4-3-7-19-13/h5-6,8-9,13,19H,3-4,7,10H2,1-2H3,(H,20,23). The summed E-state index contributed by atoms with van der Waals surface area (Å²) in [5.74, 6) is -0.504. The summed E-state index contributed by atoms with van der Waals surface area (Å²) in [6, 6.07) is 6.80. The Morgan fingerprint density at radius 3 is 2.87 bits per heavy atom. The largest absolute Gasteiger partial charge is 0.326 e. The molecule has 2 aromatic rings. The first-order valence-electron chi connectivity index (χ1n) is 7.89. The van der Waals surface area contributed by atoms with E-state index in [4.69, 9.17) is 0 Å². The molecule has 5 nitrogen and oxygen atoms in total. The van der Waals surface area contributed by atoms with Gasteiger partial charge in [-0.3, -0.25) is 4.79 Å². The number of rotatable bonds is 4. The van der Waals surface area contributed by atoms with Gasteiger partial charge in [-0.15, -0.1) is 0 Å². The van der Waals surface area contributed by atoms with Crippen LogP contribution in [0, 0.1) is 19.7 Å². The first kappa shape index (κ1) is 15.7. The van der Waals surface area contributed by atoms with Crippen molar-refractivity contribution >= 4 is 11.6 Å². The van der Waals surface area contributed by atoms with Crippen LogP contribution in [0.1, 0.15) is 30.7 Å². The van der Waals surface area contributed by atoms with Crippen LogP contribution in [0.15, 0.2) is 24.3 Å². The monoisotopic (exact) mass is 316 g/mol. The third-order valence-corrected chi connectivity index (χ3v) is 4.06. The van der Waals surface area contributed by atoms with Gasteiger partial charge in [-0.2, -0.15) is 5.10 Å². The molecule has 1 atom stereocenters. The lowest BCUT2D eigenvalue weighted by Gasteiger charge is -2.12. The van der Waals surface area contributed by atoms with E-state index in [2.05, 4.69) is 15.7 Å².